The molecule has 8 heteroatoms. The standard InChI is InChI=1S/C17H16F3N3O2/c18-17(19,20)25-14-5-3-12(4-6-14)16(24)22-7-8-23-13(10-22)9-15(21-23)11-1-2-11/h3-6,9,11H,1-2,7-8,10H2. The molecule has 1 saturated carbocycles. The number of carbonyl (C=O) groups is 1. The molecule has 132 valence electrons. The third-order valence-electron chi connectivity index (χ3n) is 4.43. The minimum Gasteiger partial charge on any atom is -0.406 e. The largest absolute Gasteiger partial charge is 0.573 e. The normalized spacial score (nSPS) is 17.3. The summed E-state index contributed by atoms with van der Waals surface area (Å²) in [5.41, 5.74) is 2.43. The molecule has 0 N–H and O–H groups in total. The fraction of sp³-hybridized carbons (Fsp3) is 0.412. The van der Waals surface area contributed by atoms with Gasteiger partial charge in [-0.1, -0.05) is 0 Å². The zero-order valence-corrected chi connectivity index (χ0v) is 13.3. The van der Waals surface area contributed by atoms with E-state index in [-0.39, 0.29) is 11.7 Å². The fourth-order valence-electron chi connectivity index (χ4n) is 3.02. The molecule has 0 atom stereocenters. The molecule has 0 bridgehead atoms. The Labute approximate surface area is 142 Å². The number of ether oxygens (including phenoxy) is 1. The van der Waals surface area contributed by atoms with E-state index in [1.54, 1.807) is 4.90 Å². The smallest absolute Gasteiger partial charge is 0.406 e. The maximum Gasteiger partial charge on any atom is 0.573 e. The van der Waals surface area contributed by atoms with Crippen LogP contribution in [-0.2, 0) is 13.1 Å². The van der Waals surface area contributed by atoms with E-state index in [9.17, 15) is 18.0 Å². The van der Waals surface area contributed by atoms with Crippen molar-refractivity contribution >= 4 is 5.91 Å². The fourth-order valence-corrected chi connectivity index (χ4v) is 3.02. The second-order valence-electron chi connectivity index (χ2n) is 6.36. The highest BCUT2D eigenvalue weighted by Crippen LogP contribution is 2.39. The van der Waals surface area contributed by atoms with Crippen molar-refractivity contribution in [2.24, 2.45) is 0 Å². The van der Waals surface area contributed by atoms with E-state index >= 15 is 0 Å². The number of fused-ring (bicyclic) bond motifs is 1. The highest BCUT2D eigenvalue weighted by atomic mass is 19.4. The lowest BCUT2D eigenvalue weighted by Gasteiger charge is -2.27. The number of hydrogen-bond donors (Lipinski definition) is 0. The summed E-state index contributed by atoms with van der Waals surface area (Å²) >= 11 is 0. The Morgan fingerprint density at radius 2 is 1.88 bits per heavy atom. The van der Waals surface area contributed by atoms with E-state index in [1.165, 1.54) is 25.0 Å². The van der Waals surface area contributed by atoms with Crippen molar-refractivity contribution in [3.63, 3.8) is 0 Å². The zero-order valence-electron chi connectivity index (χ0n) is 13.3. The van der Waals surface area contributed by atoms with Gasteiger partial charge in [0.15, 0.2) is 0 Å². The van der Waals surface area contributed by atoms with Crippen molar-refractivity contribution in [3.05, 3.63) is 47.3 Å². The summed E-state index contributed by atoms with van der Waals surface area (Å²) in [5.74, 6) is 0.0113. The van der Waals surface area contributed by atoms with Crippen molar-refractivity contribution in [2.45, 2.75) is 38.2 Å². The van der Waals surface area contributed by atoms with Gasteiger partial charge in [-0.15, -0.1) is 13.2 Å². The molecule has 1 amide bonds. The summed E-state index contributed by atoms with van der Waals surface area (Å²) in [6.45, 7) is 1.61. The molecule has 1 aromatic heterocycles. The molecule has 1 fully saturated rings. The number of rotatable bonds is 3. The lowest BCUT2D eigenvalue weighted by atomic mass is 10.1. The van der Waals surface area contributed by atoms with E-state index in [1.807, 2.05) is 4.68 Å². The van der Waals surface area contributed by atoms with Crippen molar-refractivity contribution in [1.82, 2.24) is 14.7 Å². The molecular weight excluding hydrogens is 335 g/mol. The Bertz CT molecular complexity index is 794. The van der Waals surface area contributed by atoms with E-state index in [4.69, 9.17) is 0 Å². The minimum atomic E-state index is -4.74. The van der Waals surface area contributed by atoms with Gasteiger partial charge in [-0.25, -0.2) is 0 Å². The third-order valence-corrected chi connectivity index (χ3v) is 4.43. The number of aromatic nitrogens is 2. The first-order chi connectivity index (χ1) is 11.9. The van der Waals surface area contributed by atoms with Crippen LogP contribution in [0.1, 0.15) is 40.5 Å². The van der Waals surface area contributed by atoms with Crippen LogP contribution in [0.2, 0.25) is 0 Å². The maximum absolute atomic E-state index is 12.6. The van der Waals surface area contributed by atoms with E-state index in [0.29, 0.717) is 31.1 Å². The number of hydrogen-bond acceptors (Lipinski definition) is 3. The molecule has 0 radical (unpaired) electrons. The number of alkyl halides is 3. The van der Waals surface area contributed by atoms with Crippen LogP contribution in [0.15, 0.2) is 30.3 Å². The molecular formula is C17H16F3N3O2. The van der Waals surface area contributed by atoms with Crippen LogP contribution in [0.3, 0.4) is 0 Å². The van der Waals surface area contributed by atoms with Crippen molar-refractivity contribution in [3.8, 4) is 5.75 Å². The summed E-state index contributed by atoms with van der Waals surface area (Å²) < 4.78 is 42.3. The van der Waals surface area contributed by atoms with Crippen molar-refractivity contribution in [1.29, 1.82) is 0 Å². The van der Waals surface area contributed by atoms with Crippen molar-refractivity contribution in [2.75, 3.05) is 6.54 Å². The SMILES string of the molecule is O=C(c1ccc(OC(F)(F)F)cc1)N1CCn2nc(C3CC3)cc2C1. The zero-order chi connectivity index (χ0) is 17.6. The number of nitrogens with zero attached hydrogens (tertiary/aromatic N) is 3. The lowest BCUT2D eigenvalue weighted by molar-refractivity contribution is -0.274. The van der Waals surface area contributed by atoms with Gasteiger partial charge in [0, 0.05) is 18.0 Å². The van der Waals surface area contributed by atoms with Gasteiger partial charge in [0.25, 0.3) is 5.91 Å². The van der Waals surface area contributed by atoms with Crippen molar-refractivity contribution < 1.29 is 22.7 Å². The molecule has 1 aliphatic heterocycles. The van der Waals surface area contributed by atoms with Gasteiger partial charge in [-0.3, -0.25) is 9.48 Å². The van der Waals surface area contributed by atoms with Crippen LogP contribution >= 0.6 is 0 Å². The average molecular weight is 351 g/mol. The summed E-state index contributed by atoms with van der Waals surface area (Å²) in [6, 6.07) is 7.06. The molecule has 2 aliphatic rings. The van der Waals surface area contributed by atoms with E-state index < -0.39 is 6.36 Å². The van der Waals surface area contributed by atoms with Crippen LogP contribution in [0.5, 0.6) is 5.75 Å². The molecule has 2 heterocycles. The molecule has 1 aromatic carbocycles. The lowest BCUT2D eigenvalue weighted by Crippen LogP contribution is -2.38. The number of carbonyl (C=O) groups excluding carboxylic acids is 1. The Morgan fingerprint density at radius 3 is 2.52 bits per heavy atom. The predicted octanol–water partition coefficient (Wildman–Crippen LogP) is 3.32. The summed E-state index contributed by atoms with van der Waals surface area (Å²) in [6.07, 6.45) is -2.40. The monoisotopic (exact) mass is 351 g/mol. The first-order valence-corrected chi connectivity index (χ1v) is 8.11. The Morgan fingerprint density at radius 1 is 1.16 bits per heavy atom. The molecule has 2 aromatic rings. The third kappa shape index (κ3) is 3.47. The van der Waals surface area contributed by atoms with E-state index in [0.717, 1.165) is 23.5 Å². The van der Waals surface area contributed by atoms with Gasteiger partial charge in [0.1, 0.15) is 5.75 Å². The maximum atomic E-state index is 12.6. The number of benzene rings is 1. The molecule has 1 aliphatic carbocycles. The highest BCUT2D eigenvalue weighted by Gasteiger charge is 2.32. The topological polar surface area (TPSA) is 47.4 Å². The average Bonchev–Trinajstić information content (AvgIpc) is 3.32. The quantitative estimate of drug-likeness (QED) is 0.852. The first-order valence-electron chi connectivity index (χ1n) is 8.11. The molecule has 5 nitrogen and oxygen atoms in total. The van der Waals surface area contributed by atoms with Gasteiger partial charge >= 0.3 is 6.36 Å². The molecule has 0 spiro atoms. The van der Waals surface area contributed by atoms with Crippen LogP contribution in [-0.4, -0.2) is 33.5 Å². The summed E-state index contributed by atoms with van der Waals surface area (Å²) in [4.78, 5) is 14.3. The Kier molecular flexibility index (Phi) is 3.70. The van der Waals surface area contributed by atoms with Crippen LogP contribution < -0.4 is 4.74 Å². The molecule has 25 heavy (non-hydrogen) atoms. The Balaban J connectivity index is 1.45. The van der Waals surface area contributed by atoms with Crippen LogP contribution in [0, 0.1) is 0 Å². The van der Waals surface area contributed by atoms with Gasteiger partial charge in [-0.05, 0) is 43.2 Å². The molecule has 0 saturated heterocycles. The molecule has 4 rings (SSSR count). The Hall–Kier alpha value is -2.51. The molecule has 0 unspecified atom stereocenters. The van der Waals surface area contributed by atoms with E-state index in [2.05, 4.69) is 15.9 Å². The number of amides is 1. The van der Waals surface area contributed by atoms with Gasteiger partial charge in [0.2, 0.25) is 0 Å². The second-order valence-corrected chi connectivity index (χ2v) is 6.36. The van der Waals surface area contributed by atoms with Gasteiger partial charge < -0.3 is 9.64 Å². The van der Waals surface area contributed by atoms with Gasteiger partial charge in [0.05, 0.1) is 24.5 Å². The highest BCUT2D eigenvalue weighted by molar-refractivity contribution is 5.94. The van der Waals surface area contributed by atoms with Crippen LogP contribution in [0.25, 0.3) is 0 Å². The first kappa shape index (κ1) is 16.0. The summed E-state index contributed by atoms with van der Waals surface area (Å²) in [5, 5.41) is 4.58. The van der Waals surface area contributed by atoms with Gasteiger partial charge in [-0.2, -0.15) is 5.10 Å². The number of halogens is 3. The van der Waals surface area contributed by atoms with Crippen LogP contribution in [0.4, 0.5) is 13.2 Å². The predicted molar refractivity (Wildman–Crippen MR) is 82.1 cm³/mol. The second kappa shape index (κ2) is 5.79. The minimum absolute atomic E-state index is 0.209. The summed E-state index contributed by atoms with van der Waals surface area (Å²) in [7, 11) is 0.